The van der Waals surface area contributed by atoms with Crippen molar-refractivity contribution >= 4 is 5.91 Å². The first-order valence-electron chi connectivity index (χ1n) is 7.09. The molecule has 1 aromatic carbocycles. The second-order valence-electron chi connectivity index (χ2n) is 5.21. The quantitative estimate of drug-likeness (QED) is 0.806. The van der Waals surface area contributed by atoms with Crippen molar-refractivity contribution in [2.24, 2.45) is 11.8 Å². The van der Waals surface area contributed by atoms with E-state index in [-0.39, 0.29) is 18.4 Å². The van der Waals surface area contributed by atoms with Gasteiger partial charge in [-0.2, -0.15) is 0 Å². The van der Waals surface area contributed by atoms with Crippen LogP contribution in [0.5, 0.6) is 5.75 Å². The number of amides is 1. The van der Waals surface area contributed by atoms with Crippen LogP contribution >= 0.6 is 0 Å². The van der Waals surface area contributed by atoms with E-state index in [9.17, 15) is 9.90 Å². The third-order valence-corrected chi connectivity index (χ3v) is 3.88. The molecule has 2 N–H and O–H groups in total. The lowest BCUT2D eigenvalue weighted by Gasteiger charge is -2.19. The molecule has 0 bridgehead atoms. The summed E-state index contributed by atoms with van der Waals surface area (Å²) in [6.07, 6.45) is 0.268. The summed E-state index contributed by atoms with van der Waals surface area (Å²) in [7, 11) is 1.60. The first kappa shape index (κ1) is 16.5. The zero-order valence-electron chi connectivity index (χ0n) is 12.7. The van der Waals surface area contributed by atoms with Crippen LogP contribution in [0.2, 0.25) is 0 Å². The molecule has 0 aliphatic heterocycles. The van der Waals surface area contributed by atoms with E-state index in [1.165, 1.54) is 0 Å². The number of ether oxygens (including phenoxy) is 1. The standard InChI is InChI=1S/C16H25NO3/c1-5-11(2)12(3)16(19)17-10-15(18)13-6-8-14(20-4)9-7-13/h6-9,11-12,15,18H,5,10H2,1-4H3,(H,17,19). The van der Waals surface area contributed by atoms with Crippen molar-refractivity contribution in [2.75, 3.05) is 13.7 Å². The van der Waals surface area contributed by atoms with Gasteiger partial charge in [-0.15, -0.1) is 0 Å². The summed E-state index contributed by atoms with van der Waals surface area (Å²) in [5.41, 5.74) is 0.766. The molecular formula is C16H25NO3. The molecule has 1 amide bonds. The Hall–Kier alpha value is -1.55. The Morgan fingerprint density at radius 2 is 1.90 bits per heavy atom. The van der Waals surface area contributed by atoms with Crippen LogP contribution in [0, 0.1) is 11.8 Å². The molecule has 0 spiro atoms. The monoisotopic (exact) mass is 279 g/mol. The largest absolute Gasteiger partial charge is 0.497 e. The molecule has 20 heavy (non-hydrogen) atoms. The summed E-state index contributed by atoms with van der Waals surface area (Å²) in [6, 6.07) is 7.19. The molecule has 4 heteroatoms. The second kappa shape index (κ2) is 7.90. The first-order chi connectivity index (χ1) is 9.49. The number of nitrogens with one attached hydrogen (secondary N) is 1. The van der Waals surface area contributed by atoms with Gasteiger partial charge in [0.05, 0.1) is 13.2 Å². The van der Waals surface area contributed by atoms with Gasteiger partial charge in [0.25, 0.3) is 0 Å². The van der Waals surface area contributed by atoms with E-state index >= 15 is 0 Å². The molecule has 4 nitrogen and oxygen atoms in total. The highest BCUT2D eigenvalue weighted by Gasteiger charge is 2.19. The molecule has 0 saturated carbocycles. The third kappa shape index (κ3) is 4.53. The van der Waals surface area contributed by atoms with Gasteiger partial charge in [-0.1, -0.05) is 39.3 Å². The fourth-order valence-electron chi connectivity index (χ4n) is 1.91. The van der Waals surface area contributed by atoms with Gasteiger partial charge in [-0.25, -0.2) is 0 Å². The molecule has 1 rings (SSSR count). The van der Waals surface area contributed by atoms with Crippen LogP contribution in [0.1, 0.15) is 38.9 Å². The van der Waals surface area contributed by atoms with Crippen LogP contribution in [0.3, 0.4) is 0 Å². The zero-order valence-corrected chi connectivity index (χ0v) is 12.7. The zero-order chi connectivity index (χ0) is 15.1. The molecule has 0 aliphatic carbocycles. The molecule has 0 aromatic heterocycles. The molecule has 0 fully saturated rings. The van der Waals surface area contributed by atoms with Crippen molar-refractivity contribution in [1.29, 1.82) is 0 Å². The van der Waals surface area contributed by atoms with Gasteiger partial charge >= 0.3 is 0 Å². The van der Waals surface area contributed by atoms with Gasteiger partial charge < -0.3 is 15.2 Å². The fourth-order valence-corrected chi connectivity index (χ4v) is 1.91. The predicted molar refractivity (Wildman–Crippen MR) is 79.6 cm³/mol. The van der Waals surface area contributed by atoms with Gasteiger partial charge in [0.15, 0.2) is 0 Å². The lowest BCUT2D eigenvalue weighted by atomic mass is 9.93. The summed E-state index contributed by atoms with van der Waals surface area (Å²) >= 11 is 0. The van der Waals surface area contributed by atoms with E-state index in [1.54, 1.807) is 31.4 Å². The fraction of sp³-hybridized carbons (Fsp3) is 0.562. The number of aliphatic hydroxyl groups excluding tert-OH is 1. The molecular weight excluding hydrogens is 254 g/mol. The number of hydrogen-bond donors (Lipinski definition) is 2. The lowest BCUT2D eigenvalue weighted by molar-refractivity contribution is -0.126. The van der Waals surface area contributed by atoms with E-state index in [4.69, 9.17) is 4.74 Å². The van der Waals surface area contributed by atoms with Crippen LogP contribution in [0.15, 0.2) is 24.3 Å². The van der Waals surface area contributed by atoms with Gasteiger partial charge in [0.2, 0.25) is 5.91 Å². The van der Waals surface area contributed by atoms with Crippen LogP contribution < -0.4 is 10.1 Å². The van der Waals surface area contributed by atoms with Gasteiger partial charge in [-0.05, 0) is 23.6 Å². The Bertz CT molecular complexity index is 416. The van der Waals surface area contributed by atoms with Crippen LogP contribution in [-0.4, -0.2) is 24.7 Å². The average molecular weight is 279 g/mol. The number of hydrogen-bond acceptors (Lipinski definition) is 3. The van der Waals surface area contributed by atoms with Crippen molar-refractivity contribution < 1.29 is 14.6 Å². The minimum Gasteiger partial charge on any atom is -0.497 e. The molecule has 3 unspecified atom stereocenters. The van der Waals surface area contributed by atoms with E-state index in [0.717, 1.165) is 17.7 Å². The highest BCUT2D eigenvalue weighted by atomic mass is 16.5. The molecule has 112 valence electrons. The SMILES string of the molecule is CCC(C)C(C)C(=O)NCC(O)c1ccc(OC)cc1. The van der Waals surface area contributed by atoms with E-state index < -0.39 is 6.10 Å². The summed E-state index contributed by atoms with van der Waals surface area (Å²) in [6.45, 7) is 6.28. The van der Waals surface area contributed by atoms with Gasteiger partial charge in [0.1, 0.15) is 5.75 Å². The Morgan fingerprint density at radius 3 is 2.40 bits per heavy atom. The molecule has 0 saturated heterocycles. The summed E-state index contributed by atoms with van der Waals surface area (Å²) in [5, 5.41) is 12.9. The first-order valence-corrected chi connectivity index (χ1v) is 7.09. The van der Waals surface area contributed by atoms with Crippen molar-refractivity contribution in [2.45, 2.75) is 33.3 Å². The number of rotatable bonds is 7. The highest BCUT2D eigenvalue weighted by molar-refractivity contribution is 5.78. The molecule has 0 heterocycles. The van der Waals surface area contributed by atoms with E-state index in [0.29, 0.717) is 5.92 Å². The number of carbonyl (C=O) groups is 1. The maximum absolute atomic E-state index is 11.9. The van der Waals surface area contributed by atoms with Crippen molar-refractivity contribution in [3.8, 4) is 5.75 Å². The molecule has 3 atom stereocenters. The predicted octanol–water partition coefficient (Wildman–Crippen LogP) is 2.53. The van der Waals surface area contributed by atoms with E-state index in [2.05, 4.69) is 19.2 Å². The summed E-state index contributed by atoms with van der Waals surface area (Å²) < 4.78 is 5.07. The Balaban J connectivity index is 2.49. The lowest BCUT2D eigenvalue weighted by Crippen LogP contribution is -2.35. The smallest absolute Gasteiger partial charge is 0.223 e. The van der Waals surface area contributed by atoms with Gasteiger partial charge in [0, 0.05) is 12.5 Å². The highest BCUT2D eigenvalue weighted by Crippen LogP contribution is 2.18. The number of carbonyl (C=O) groups excluding carboxylic acids is 1. The average Bonchev–Trinajstić information content (AvgIpc) is 2.50. The van der Waals surface area contributed by atoms with Crippen LogP contribution in [-0.2, 0) is 4.79 Å². The minimum atomic E-state index is -0.700. The molecule has 0 radical (unpaired) electrons. The summed E-state index contributed by atoms with van der Waals surface area (Å²) in [5.74, 6) is 1.04. The Morgan fingerprint density at radius 1 is 1.30 bits per heavy atom. The third-order valence-electron chi connectivity index (χ3n) is 3.88. The van der Waals surface area contributed by atoms with Crippen LogP contribution in [0.25, 0.3) is 0 Å². The maximum Gasteiger partial charge on any atom is 0.223 e. The number of methoxy groups -OCH3 is 1. The minimum absolute atomic E-state index is 0.00749. The normalized spacial score (nSPS) is 15.2. The maximum atomic E-state index is 11.9. The van der Waals surface area contributed by atoms with Gasteiger partial charge in [-0.3, -0.25) is 4.79 Å². The second-order valence-corrected chi connectivity index (χ2v) is 5.21. The molecule has 0 aliphatic rings. The van der Waals surface area contributed by atoms with Crippen LogP contribution in [0.4, 0.5) is 0 Å². The summed E-state index contributed by atoms with van der Waals surface area (Å²) in [4.78, 5) is 11.9. The number of aliphatic hydroxyl groups is 1. The van der Waals surface area contributed by atoms with Crippen molar-refractivity contribution in [1.82, 2.24) is 5.32 Å². The van der Waals surface area contributed by atoms with Crippen molar-refractivity contribution in [3.05, 3.63) is 29.8 Å². The van der Waals surface area contributed by atoms with E-state index in [1.807, 2.05) is 6.92 Å². The van der Waals surface area contributed by atoms with Crippen molar-refractivity contribution in [3.63, 3.8) is 0 Å². The molecule has 1 aromatic rings. The Kier molecular flexibility index (Phi) is 6.52. The topological polar surface area (TPSA) is 58.6 Å². The number of benzene rings is 1. The Labute approximate surface area is 121 Å².